The summed E-state index contributed by atoms with van der Waals surface area (Å²) < 4.78 is 37.8. The topological polar surface area (TPSA) is 99.4 Å². The second-order valence-electron chi connectivity index (χ2n) is 7.56. The zero-order valence-electron chi connectivity index (χ0n) is 16.1. The van der Waals surface area contributed by atoms with E-state index in [9.17, 15) is 18.0 Å². The summed E-state index contributed by atoms with van der Waals surface area (Å²) in [6.07, 6.45) is -3.53. The molecule has 2 aromatic heterocycles. The van der Waals surface area contributed by atoms with E-state index >= 15 is 0 Å². The van der Waals surface area contributed by atoms with Crippen molar-refractivity contribution in [2.45, 2.75) is 31.5 Å². The van der Waals surface area contributed by atoms with Crippen molar-refractivity contribution in [1.82, 2.24) is 30.7 Å². The molecule has 158 valence electrons. The highest BCUT2D eigenvalue weighted by molar-refractivity contribution is 5.99. The van der Waals surface area contributed by atoms with Crippen molar-refractivity contribution in [3.63, 3.8) is 0 Å². The summed E-state index contributed by atoms with van der Waals surface area (Å²) >= 11 is 0. The van der Waals surface area contributed by atoms with Crippen LogP contribution in [0.1, 0.15) is 29.0 Å². The van der Waals surface area contributed by atoms with Gasteiger partial charge in [0, 0.05) is 28.1 Å². The van der Waals surface area contributed by atoms with Crippen molar-refractivity contribution in [2.24, 2.45) is 0 Å². The third kappa shape index (κ3) is 4.14. The van der Waals surface area contributed by atoms with Gasteiger partial charge < -0.3 is 5.32 Å². The molecule has 10 heteroatoms. The number of aromatic amines is 2. The number of benzene rings is 2. The third-order valence-corrected chi connectivity index (χ3v) is 5.03. The molecule has 0 saturated heterocycles. The van der Waals surface area contributed by atoms with E-state index < -0.39 is 12.6 Å². The molecule has 1 aliphatic rings. The van der Waals surface area contributed by atoms with E-state index in [1.165, 1.54) is 0 Å². The molecule has 0 bridgehead atoms. The van der Waals surface area contributed by atoms with Crippen molar-refractivity contribution in [3.05, 3.63) is 53.9 Å². The van der Waals surface area contributed by atoms with Crippen LogP contribution >= 0.6 is 0 Å². The molecule has 0 unspecified atom stereocenters. The summed E-state index contributed by atoms with van der Waals surface area (Å²) in [6, 6.07) is 12.7. The molecule has 1 aliphatic carbocycles. The Morgan fingerprint density at radius 3 is 2.68 bits per heavy atom. The standard InChI is InChI=1S/C21H17F3N6O/c22-21(23,24)10-17-26-19(30-28-17)12-4-7-16-15(9-12)18(29-27-16)11-2-1-3-13(8-11)20(31)25-14-5-6-14/h1-4,7-9,14H,5-6,10H2,(H,25,31)(H,27,29)(H,26,28,30). The number of amides is 1. The number of H-pyrrole nitrogens is 2. The first-order chi connectivity index (χ1) is 14.9. The summed E-state index contributed by atoms with van der Waals surface area (Å²) in [7, 11) is 0. The van der Waals surface area contributed by atoms with Crippen LogP contribution < -0.4 is 5.32 Å². The SMILES string of the molecule is O=C(NC1CC1)c1cccc(-c2n[nH]c3ccc(-c4n[nH]c(CC(F)(F)F)n4)cc23)c1. The predicted octanol–water partition coefficient (Wildman–Crippen LogP) is 4.01. The minimum atomic E-state index is -4.37. The number of hydrogen-bond acceptors (Lipinski definition) is 4. The first-order valence-corrected chi connectivity index (χ1v) is 9.73. The number of carbonyl (C=O) groups excluding carboxylic acids is 1. The third-order valence-electron chi connectivity index (χ3n) is 5.03. The van der Waals surface area contributed by atoms with Gasteiger partial charge in [-0.05, 0) is 43.2 Å². The lowest BCUT2D eigenvalue weighted by Crippen LogP contribution is -2.25. The average molecular weight is 426 g/mol. The Morgan fingerprint density at radius 1 is 1.06 bits per heavy atom. The molecular formula is C21H17F3N6O. The normalized spacial score (nSPS) is 14.2. The summed E-state index contributed by atoms with van der Waals surface area (Å²) in [5.74, 6) is -0.196. The van der Waals surface area contributed by atoms with Crippen LogP contribution in [0.2, 0.25) is 0 Å². The number of alkyl halides is 3. The highest BCUT2D eigenvalue weighted by Gasteiger charge is 2.30. The lowest BCUT2D eigenvalue weighted by atomic mass is 10.0. The zero-order chi connectivity index (χ0) is 21.6. The van der Waals surface area contributed by atoms with Crippen LogP contribution in [0.15, 0.2) is 42.5 Å². The molecule has 5 rings (SSSR count). The van der Waals surface area contributed by atoms with Gasteiger partial charge in [-0.15, -0.1) is 0 Å². The fourth-order valence-electron chi connectivity index (χ4n) is 3.37. The Labute approximate surface area is 174 Å². The summed E-state index contributed by atoms with van der Waals surface area (Å²) in [5, 5.41) is 17.3. The Morgan fingerprint density at radius 2 is 1.90 bits per heavy atom. The van der Waals surface area contributed by atoms with Gasteiger partial charge in [0.15, 0.2) is 5.82 Å². The smallest absolute Gasteiger partial charge is 0.349 e. The number of nitrogens with one attached hydrogen (secondary N) is 3. The lowest BCUT2D eigenvalue weighted by molar-refractivity contribution is -0.128. The van der Waals surface area contributed by atoms with E-state index in [0.717, 1.165) is 29.3 Å². The Hall–Kier alpha value is -3.69. The van der Waals surface area contributed by atoms with E-state index in [0.29, 0.717) is 16.8 Å². The maximum absolute atomic E-state index is 12.6. The molecule has 2 heterocycles. The zero-order valence-corrected chi connectivity index (χ0v) is 16.1. The number of fused-ring (bicyclic) bond motifs is 1. The number of carbonyl (C=O) groups is 1. The van der Waals surface area contributed by atoms with Gasteiger partial charge in [-0.3, -0.25) is 15.0 Å². The van der Waals surface area contributed by atoms with Gasteiger partial charge in [-0.25, -0.2) is 4.98 Å². The van der Waals surface area contributed by atoms with Crippen molar-refractivity contribution in [2.75, 3.05) is 0 Å². The molecule has 7 nitrogen and oxygen atoms in total. The molecule has 0 radical (unpaired) electrons. The fraction of sp³-hybridized carbons (Fsp3) is 0.238. The van der Waals surface area contributed by atoms with Crippen LogP contribution in [0.25, 0.3) is 33.5 Å². The Kier molecular flexibility index (Phi) is 4.49. The Balaban J connectivity index is 1.48. The molecule has 0 spiro atoms. The van der Waals surface area contributed by atoms with Crippen LogP contribution in [0.4, 0.5) is 13.2 Å². The first kappa shape index (κ1) is 19.3. The second-order valence-corrected chi connectivity index (χ2v) is 7.56. The minimum absolute atomic E-state index is 0.122. The molecule has 3 N–H and O–H groups in total. The highest BCUT2D eigenvalue weighted by Crippen LogP contribution is 2.30. The second kappa shape index (κ2) is 7.22. The maximum Gasteiger partial charge on any atom is 0.396 e. The number of hydrogen-bond donors (Lipinski definition) is 3. The van der Waals surface area contributed by atoms with E-state index in [1.54, 1.807) is 36.4 Å². The number of aromatic nitrogens is 5. The van der Waals surface area contributed by atoms with Crippen molar-refractivity contribution in [3.8, 4) is 22.6 Å². The molecule has 1 amide bonds. The Bertz CT molecular complexity index is 1270. The van der Waals surface area contributed by atoms with E-state index in [-0.39, 0.29) is 23.6 Å². The van der Waals surface area contributed by atoms with E-state index in [1.807, 2.05) is 6.07 Å². The average Bonchev–Trinajstić information content (AvgIpc) is 3.26. The molecule has 1 saturated carbocycles. The van der Waals surface area contributed by atoms with Gasteiger partial charge >= 0.3 is 6.18 Å². The van der Waals surface area contributed by atoms with Crippen molar-refractivity contribution >= 4 is 16.8 Å². The minimum Gasteiger partial charge on any atom is -0.349 e. The highest BCUT2D eigenvalue weighted by atomic mass is 19.4. The van der Waals surface area contributed by atoms with Gasteiger partial charge in [-0.1, -0.05) is 12.1 Å². The molecule has 0 atom stereocenters. The van der Waals surface area contributed by atoms with Crippen LogP contribution in [-0.4, -0.2) is 43.5 Å². The fourth-order valence-corrected chi connectivity index (χ4v) is 3.37. The van der Waals surface area contributed by atoms with Gasteiger partial charge in [-0.2, -0.15) is 23.4 Å². The number of rotatable bonds is 5. The first-order valence-electron chi connectivity index (χ1n) is 9.73. The van der Waals surface area contributed by atoms with Gasteiger partial charge in [0.05, 0.1) is 11.2 Å². The largest absolute Gasteiger partial charge is 0.396 e. The number of halogens is 3. The predicted molar refractivity (Wildman–Crippen MR) is 107 cm³/mol. The van der Waals surface area contributed by atoms with Crippen LogP contribution in [0.3, 0.4) is 0 Å². The summed E-state index contributed by atoms with van der Waals surface area (Å²) in [5.41, 5.74) is 3.23. The molecule has 4 aromatic rings. The molecular weight excluding hydrogens is 409 g/mol. The maximum atomic E-state index is 12.6. The van der Waals surface area contributed by atoms with Crippen molar-refractivity contribution in [1.29, 1.82) is 0 Å². The van der Waals surface area contributed by atoms with Gasteiger partial charge in [0.25, 0.3) is 5.91 Å². The van der Waals surface area contributed by atoms with E-state index in [4.69, 9.17) is 0 Å². The molecule has 1 fully saturated rings. The van der Waals surface area contributed by atoms with Crippen LogP contribution in [0.5, 0.6) is 0 Å². The number of nitrogens with zero attached hydrogens (tertiary/aromatic N) is 3. The van der Waals surface area contributed by atoms with Crippen LogP contribution in [-0.2, 0) is 6.42 Å². The molecule has 31 heavy (non-hydrogen) atoms. The monoisotopic (exact) mass is 426 g/mol. The molecule has 2 aromatic carbocycles. The summed E-state index contributed by atoms with van der Waals surface area (Å²) in [4.78, 5) is 16.3. The summed E-state index contributed by atoms with van der Waals surface area (Å²) in [6.45, 7) is 0. The van der Waals surface area contributed by atoms with Gasteiger partial charge in [0.1, 0.15) is 12.2 Å². The van der Waals surface area contributed by atoms with Crippen molar-refractivity contribution < 1.29 is 18.0 Å². The quantitative estimate of drug-likeness (QED) is 0.449. The van der Waals surface area contributed by atoms with Crippen LogP contribution in [0, 0.1) is 0 Å². The van der Waals surface area contributed by atoms with Gasteiger partial charge in [0.2, 0.25) is 0 Å². The van der Waals surface area contributed by atoms with E-state index in [2.05, 4.69) is 30.7 Å². The molecule has 0 aliphatic heterocycles. The lowest BCUT2D eigenvalue weighted by Gasteiger charge is -2.05.